The first-order valence-corrected chi connectivity index (χ1v) is 12.3. The minimum atomic E-state index is -0.696. The number of benzene rings is 2. The number of methoxy groups -OCH3 is 1. The lowest BCUT2D eigenvalue weighted by molar-refractivity contribution is -0.148. The van der Waals surface area contributed by atoms with Gasteiger partial charge in [0.15, 0.2) is 5.78 Å². The Labute approximate surface area is 210 Å². The highest BCUT2D eigenvalue weighted by Gasteiger charge is 2.44. The number of hydrogen-bond donors (Lipinski definition) is 0. The molecule has 0 amide bonds. The van der Waals surface area contributed by atoms with E-state index >= 15 is 0 Å². The monoisotopic (exact) mass is 495 g/mol. The van der Waals surface area contributed by atoms with Gasteiger partial charge in [-0.15, -0.1) is 0 Å². The standard InChI is InChI=1S/C28H30ClNO5/c1-4-34-12-13-35-28(32)25-17(2)30-23-15-20(18-8-10-21(29)11-9-18)16-24(31)27(23)26(25)19-6-5-7-22(14-19)33-3/h5-11,14,20,25-26H,4,12-13,15-16H2,1-3H3/t20-,25?,26+/m1/s1. The molecule has 1 unspecified atom stereocenters. The number of ketones is 1. The number of carbonyl (C=O) groups excluding carboxylic acids is 2. The predicted octanol–water partition coefficient (Wildman–Crippen LogP) is 5.50. The summed E-state index contributed by atoms with van der Waals surface area (Å²) < 4.78 is 16.3. The van der Waals surface area contributed by atoms with Gasteiger partial charge in [0.1, 0.15) is 18.3 Å². The lowest BCUT2D eigenvalue weighted by Gasteiger charge is -2.36. The van der Waals surface area contributed by atoms with Crippen LogP contribution in [0, 0.1) is 5.92 Å². The van der Waals surface area contributed by atoms with Crippen molar-refractivity contribution in [2.75, 3.05) is 26.9 Å². The maximum atomic E-state index is 13.6. The Kier molecular flexibility index (Phi) is 8.04. The number of aliphatic imine (C=N–C) groups is 1. The number of nitrogens with zero attached hydrogens (tertiary/aromatic N) is 1. The number of rotatable bonds is 8. The zero-order valence-corrected chi connectivity index (χ0v) is 21.0. The molecular formula is C28H30ClNO5. The molecule has 0 N–H and O–H groups in total. The molecule has 0 saturated heterocycles. The summed E-state index contributed by atoms with van der Waals surface area (Å²) in [5, 5.41) is 0.658. The second kappa shape index (κ2) is 11.2. The fourth-order valence-electron chi connectivity index (χ4n) is 4.97. The topological polar surface area (TPSA) is 74.2 Å². The Morgan fingerprint density at radius 3 is 2.57 bits per heavy atom. The van der Waals surface area contributed by atoms with E-state index in [1.54, 1.807) is 7.11 Å². The normalized spacial score (nSPS) is 21.9. The number of Topliss-reactive ketones (excluding diaryl/α,β-unsaturated/α-hetero) is 1. The number of hydrogen-bond acceptors (Lipinski definition) is 6. The van der Waals surface area contributed by atoms with Crippen LogP contribution in [0.1, 0.15) is 49.7 Å². The number of ether oxygens (including phenoxy) is 3. The van der Waals surface area contributed by atoms with Crippen LogP contribution in [0.3, 0.4) is 0 Å². The molecule has 184 valence electrons. The minimum Gasteiger partial charge on any atom is -0.497 e. The molecule has 2 aromatic rings. The quantitative estimate of drug-likeness (QED) is 0.357. The second-order valence-electron chi connectivity index (χ2n) is 8.79. The van der Waals surface area contributed by atoms with Gasteiger partial charge in [0.25, 0.3) is 0 Å². The van der Waals surface area contributed by atoms with Crippen molar-refractivity contribution in [2.24, 2.45) is 10.9 Å². The molecule has 0 saturated carbocycles. The average Bonchev–Trinajstić information content (AvgIpc) is 2.86. The van der Waals surface area contributed by atoms with Crippen molar-refractivity contribution >= 4 is 29.1 Å². The molecule has 0 aromatic heterocycles. The van der Waals surface area contributed by atoms with E-state index in [2.05, 4.69) is 0 Å². The summed E-state index contributed by atoms with van der Waals surface area (Å²) in [4.78, 5) is 31.7. The van der Waals surface area contributed by atoms with Crippen molar-refractivity contribution in [1.82, 2.24) is 0 Å². The number of allylic oxidation sites excluding steroid dienone is 2. The van der Waals surface area contributed by atoms with Gasteiger partial charge in [0, 0.05) is 41.0 Å². The van der Waals surface area contributed by atoms with Gasteiger partial charge in [-0.2, -0.15) is 0 Å². The molecule has 6 nitrogen and oxygen atoms in total. The van der Waals surface area contributed by atoms with Gasteiger partial charge >= 0.3 is 5.97 Å². The first-order chi connectivity index (χ1) is 16.9. The summed E-state index contributed by atoms with van der Waals surface area (Å²) in [6.07, 6.45) is 0.966. The SMILES string of the molecule is CCOCCOC(=O)C1C(C)=NC2=C(C(=O)C[C@H](c3ccc(Cl)cc3)C2)[C@H]1c1cccc(OC)c1. The van der Waals surface area contributed by atoms with Crippen LogP contribution < -0.4 is 4.74 Å². The third kappa shape index (κ3) is 5.49. The van der Waals surface area contributed by atoms with Crippen molar-refractivity contribution in [3.8, 4) is 5.75 Å². The van der Waals surface area contributed by atoms with Gasteiger partial charge in [-0.1, -0.05) is 35.9 Å². The summed E-state index contributed by atoms with van der Waals surface area (Å²) in [6.45, 7) is 4.75. The summed E-state index contributed by atoms with van der Waals surface area (Å²) in [7, 11) is 1.60. The minimum absolute atomic E-state index is 0.00221. The maximum Gasteiger partial charge on any atom is 0.315 e. The molecular weight excluding hydrogens is 466 g/mol. The molecule has 0 bridgehead atoms. The Hall–Kier alpha value is -2.96. The van der Waals surface area contributed by atoms with Crippen molar-refractivity contribution < 1.29 is 23.8 Å². The zero-order valence-electron chi connectivity index (χ0n) is 20.3. The first-order valence-electron chi connectivity index (χ1n) is 11.9. The van der Waals surface area contributed by atoms with Crippen LogP contribution in [0.4, 0.5) is 0 Å². The van der Waals surface area contributed by atoms with E-state index in [0.29, 0.717) is 48.1 Å². The maximum absolute atomic E-state index is 13.6. The van der Waals surface area contributed by atoms with Crippen molar-refractivity contribution in [1.29, 1.82) is 0 Å². The lowest BCUT2D eigenvalue weighted by atomic mass is 9.69. The molecule has 2 aromatic carbocycles. The Morgan fingerprint density at radius 2 is 1.86 bits per heavy atom. The van der Waals surface area contributed by atoms with E-state index in [1.165, 1.54) is 0 Å². The van der Waals surface area contributed by atoms with Crippen LogP contribution >= 0.6 is 11.6 Å². The number of halogens is 1. The molecule has 3 atom stereocenters. The molecule has 1 aliphatic heterocycles. The van der Waals surface area contributed by atoms with Crippen LogP contribution in [-0.2, 0) is 19.1 Å². The fourth-order valence-corrected chi connectivity index (χ4v) is 5.09. The van der Waals surface area contributed by atoms with Crippen molar-refractivity contribution in [2.45, 2.75) is 38.5 Å². The molecule has 0 radical (unpaired) electrons. The Balaban J connectivity index is 1.72. The van der Waals surface area contributed by atoms with E-state index in [4.69, 9.17) is 30.8 Å². The van der Waals surface area contributed by atoms with Gasteiger partial charge in [-0.05, 0) is 61.6 Å². The van der Waals surface area contributed by atoms with Gasteiger partial charge in [-0.3, -0.25) is 14.6 Å². The summed E-state index contributed by atoms with van der Waals surface area (Å²) in [5.41, 5.74) is 3.86. The number of esters is 1. The lowest BCUT2D eigenvalue weighted by Crippen LogP contribution is -2.38. The Bertz CT molecular complexity index is 1150. The summed E-state index contributed by atoms with van der Waals surface area (Å²) in [6, 6.07) is 15.1. The molecule has 1 heterocycles. The predicted molar refractivity (Wildman–Crippen MR) is 135 cm³/mol. The third-order valence-corrected chi connectivity index (χ3v) is 6.86. The van der Waals surface area contributed by atoms with Crippen molar-refractivity contribution in [3.05, 3.63) is 76.0 Å². The van der Waals surface area contributed by atoms with Crippen molar-refractivity contribution in [3.63, 3.8) is 0 Å². The highest BCUT2D eigenvalue weighted by Crippen LogP contribution is 2.47. The van der Waals surface area contributed by atoms with Gasteiger partial charge in [0.2, 0.25) is 0 Å². The van der Waals surface area contributed by atoms with Crippen LogP contribution in [0.2, 0.25) is 5.02 Å². The van der Waals surface area contributed by atoms with Crippen LogP contribution in [0.25, 0.3) is 0 Å². The number of carbonyl (C=O) groups is 2. The largest absolute Gasteiger partial charge is 0.497 e. The summed E-state index contributed by atoms with van der Waals surface area (Å²) >= 11 is 6.06. The van der Waals surface area contributed by atoms with Gasteiger partial charge in [0.05, 0.1) is 13.7 Å². The third-order valence-electron chi connectivity index (χ3n) is 6.61. The highest BCUT2D eigenvalue weighted by molar-refractivity contribution is 6.30. The summed E-state index contributed by atoms with van der Waals surface area (Å²) in [5.74, 6) is -0.916. The van der Waals surface area contributed by atoms with Crippen LogP contribution in [0.5, 0.6) is 5.75 Å². The average molecular weight is 496 g/mol. The molecule has 35 heavy (non-hydrogen) atoms. The van der Waals surface area contributed by atoms with E-state index in [-0.39, 0.29) is 18.3 Å². The molecule has 0 fully saturated rings. The van der Waals surface area contributed by atoms with E-state index in [1.807, 2.05) is 62.4 Å². The Morgan fingerprint density at radius 1 is 1.09 bits per heavy atom. The van der Waals surface area contributed by atoms with E-state index < -0.39 is 17.8 Å². The van der Waals surface area contributed by atoms with Crippen LogP contribution in [-0.4, -0.2) is 44.4 Å². The van der Waals surface area contributed by atoms with Gasteiger partial charge < -0.3 is 14.2 Å². The van der Waals surface area contributed by atoms with E-state index in [9.17, 15) is 9.59 Å². The highest BCUT2D eigenvalue weighted by atomic mass is 35.5. The van der Waals surface area contributed by atoms with Crippen LogP contribution in [0.15, 0.2) is 64.8 Å². The zero-order chi connectivity index (χ0) is 24.9. The molecule has 1 aliphatic carbocycles. The second-order valence-corrected chi connectivity index (χ2v) is 9.23. The molecule has 4 rings (SSSR count). The molecule has 7 heteroatoms. The van der Waals surface area contributed by atoms with Gasteiger partial charge in [-0.25, -0.2) is 0 Å². The molecule has 0 spiro atoms. The van der Waals surface area contributed by atoms with E-state index in [0.717, 1.165) is 16.8 Å². The smallest absolute Gasteiger partial charge is 0.315 e. The fraction of sp³-hybridized carbons (Fsp3) is 0.393. The first kappa shape index (κ1) is 25.1. The molecule has 2 aliphatic rings.